The molecule has 4 nitrogen and oxygen atoms in total. The fourth-order valence-electron chi connectivity index (χ4n) is 2.86. The van der Waals surface area contributed by atoms with Crippen LogP contribution in [-0.4, -0.2) is 36.6 Å². The molecular formula is C16H22ClN3OS. The predicted octanol–water partition coefficient (Wildman–Crippen LogP) is 3.03. The Morgan fingerprint density at radius 1 is 1.41 bits per heavy atom. The van der Waals surface area contributed by atoms with Gasteiger partial charge in [-0.25, -0.2) is 4.98 Å². The van der Waals surface area contributed by atoms with Gasteiger partial charge in [0.1, 0.15) is 5.75 Å². The number of benzene rings is 1. The van der Waals surface area contributed by atoms with Gasteiger partial charge in [0, 0.05) is 42.8 Å². The van der Waals surface area contributed by atoms with E-state index in [9.17, 15) is 0 Å². The van der Waals surface area contributed by atoms with Crippen LogP contribution in [0.3, 0.4) is 0 Å². The Labute approximate surface area is 141 Å². The standard InChI is InChI=1S/C16H21N3OS.ClH/c1-12-18-9-13(21-12)11-19-8-7-17-10-15(19)14-5-3-4-6-16(14)20-2;/h3-6,9,15,17H,7-8,10-11H2,1-2H3;1H. The van der Waals surface area contributed by atoms with Crippen molar-refractivity contribution in [2.75, 3.05) is 26.7 Å². The Kier molecular flexibility index (Phi) is 6.20. The number of halogens is 1. The van der Waals surface area contributed by atoms with E-state index in [0.717, 1.165) is 36.9 Å². The summed E-state index contributed by atoms with van der Waals surface area (Å²) in [5.74, 6) is 0.969. The maximum absolute atomic E-state index is 5.54. The van der Waals surface area contributed by atoms with E-state index in [1.54, 1.807) is 18.4 Å². The van der Waals surface area contributed by atoms with Crippen molar-refractivity contribution >= 4 is 23.7 Å². The minimum atomic E-state index is 0. The van der Waals surface area contributed by atoms with Gasteiger partial charge in [-0.3, -0.25) is 4.90 Å². The monoisotopic (exact) mass is 339 g/mol. The van der Waals surface area contributed by atoms with Crippen LogP contribution in [0.2, 0.25) is 0 Å². The summed E-state index contributed by atoms with van der Waals surface area (Å²) in [5.41, 5.74) is 1.26. The van der Waals surface area contributed by atoms with Crippen LogP contribution < -0.4 is 10.1 Å². The van der Waals surface area contributed by atoms with Gasteiger partial charge in [0.25, 0.3) is 0 Å². The van der Waals surface area contributed by atoms with Crippen molar-refractivity contribution in [3.8, 4) is 5.75 Å². The first-order valence-electron chi connectivity index (χ1n) is 7.27. The van der Waals surface area contributed by atoms with E-state index in [0.29, 0.717) is 6.04 Å². The van der Waals surface area contributed by atoms with Crippen molar-refractivity contribution < 1.29 is 4.74 Å². The van der Waals surface area contributed by atoms with Crippen molar-refractivity contribution in [2.24, 2.45) is 0 Å². The van der Waals surface area contributed by atoms with Gasteiger partial charge in [0.15, 0.2) is 0 Å². The third-order valence-electron chi connectivity index (χ3n) is 3.88. The number of aromatic nitrogens is 1. The number of hydrogen-bond acceptors (Lipinski definition) is 5. The Morgan fingerprint density at radius 3 is 2.95 bits per heavy atom. The maximum atomic E-state index is 5.54. The van der Waals surface area contributed by atoms with E-state index in [1.807, 2.05) is 18.3 Å². The number of nitrogens with one attached hydrogen (secondary N) is 1. The highest BCUT2D eigenvalue weighted by molar-refractivity contribution is 7.11. The van der Waals surface area contributed by atoms with Crippen LogP contribution in [-0.2, 0) is 6.54 Å². The zero-order valence-corrected chi connectivity index (χ0v) is 14.5. The fourth-order valence-corrected chi connectivity index (χ4v) is 3.68. The third-order valence-corrected chi connectivity index (χ3v) is 4.78. The van der Waals surface area contributed by atoms with Gasteiger partial charge >= 0.3 is 0 Å². The van der Waals surface area contributed by atoms with Gasteiger partial charge in [0.2, 0.25) is 0 Å². The summed E-state index contributed by atoms with van der Waals surface area (Å²) in [6.45, 7) is 6.04. The zero-order chi connectivity index (χ0) is 14.7. The summed E-state index contributed by atoms with van der Waals surface area (Å²) in [4.78, 5) is 8.21. The SMILES string of the molecule is COc1ccccc1C1CNCCN1Cc1cnc(C)s1.Cl. The van der Waals surface area contributed by atoms with Gasteiger partial charge in [-0.05, 0) is 13.0 Å². The smallest absolute Gasteiger partial charge is 0.123 e. The van der Waals surface area contributed by atoms with Crippen molar-refractivity contribution in [3.05, 3.63) is 45.9 Å². The lowest BCUT2D eigenvalue weighted by Crippen LogP contribution is -2.45. The fraction of sp³-hybridized carbons (Fsp3) is 0.438. The highest BCUT2D eigenvalue weighted by Gasteiger charge is 2.26. The van der Waals surface area contributed by atoms with Crippen LogP contribution in [0.1, 0.15) is 21.5 Å². The number of ether oxygens (including phenoxy) is 1. The molecule has 0 saturated carbocycles. The van der Waals surface area contributed by atoms with Crippen molar-refractivity contribution in [1.29, 1.82) is 0 Å². The minimum Gasteiger partial charge on any atom is -0.496 e. The van der Waals surface area contributed by atoms with Crippen molar-refractivity contribution in [1.82, 2.24) is 15.2 Å². The summed E-state index contributed by atoms with van der Waals surface area (Å²) in [7, 11) is 1.74. The molecule has 22 heavy (non-hydrogen) atoms. The summed E-state index contributed by atoms with van der Waals surface area (Å²) >= 11 is 1.78. The predicted molar refractivity (Wildman–Crippen MR) is 93.1 cm³/mol. The molecule has 2 heterocycles. The molecule has 1 saturated heterocycles. The average Bonchev–Trinajstić information content (AvgIpc) is 2.93. The highest BCUT2D eigenvalue weighted by Crippen LogP contribution is 2.31. The first-order chi connectivity index (χ1) is 10.3. The van der Waals surface area contributed by atoms with Gasteiger partial charge in [-0.2, -0.15) is 0 Å². The number of thiazole rings is 1. The number of rotatable bonds is 4. The quantitative estimate of drug-likeness (QED) is 0.929. The van der Waals surface area contributed by atoms with Crippen LogP contribution in [0.4, 0.5) is 0 Å². The number of nitrogens with zero attached hydrogens (tertiary/aromatic N) is 2. The Bertz CT molecular complexity index is 605. The van der Waals surface area contributed by atoms with Crippen molar-refractivity contribution in [3.63, 3.8) is 0 Å². The molecular weight excluding hydrogens is 318 g/mol. The summed E-state index contributed by atoms with van der Waals surface area (Å²) < 4.78 is 5.54. The van der Waals surface area contributed by atoms with Gasteiger partial charge in [-0.15, -0.1) is 23.7 Å². The highest BCUT2D eigenvalue weighted by atomic mass is 35.5. The molecule has 1 aromatic heterocycles. The summed E-state index contributed by atoms with van der Waals surface area (Å²) in [5, 5.41) is 4.63. The molecule has 0 bridgehead atoms. The van der Waals surface area contributed by atoms with E-state index in [-0.39, 0.29) is 12.4 Å². The minimum absolute atomic E-state index is 0. The molecule has 0 spiro atoms. The van der Waals surface area contributed by atoms with Gasteiger partial charge in [0.05, 0.1) is 18.2 Å². The second-order valence-corrected chi connectivity index (χ2v) is 6.60. The number of methoxy groups -OCH3 is 1. The van der Waals surface area contributed by atoms with Gasteiger partial charge in [-0.1, -0.05) is 18.2 Å². The average molecular weight is 340 g/mol. The van der Waals surface area contributed by atoms with Crippen LogP contribution in [0.25, 0.3) is 0 Å². The Morgan fingerprint density at radius 2 is 2.23 bits per heavy atom. The Hall–Kier alpha value is -1.14. The molecule has 1 aliphatic rings. The molecule has 0 aliphatic carbocycles. The molecule has 1 fully saturated rings. The number of piperazine rings is 1. The van der Waals surface area contributed by atoms with E-state index >= 15 is 0 Å². The molecule has 1 atom stereocenters. The lowest BCUT2D eigenvalue weighted by Gasteiger charge is -2.36. The van der Waals surface area contributed by atoms with Crippen LogP contribution in [0.5, 0.6) is 5.75 Å². The number of aryl methyl sites for hydroxylation is 1. The number of para-hydroxylation sites is 1. The van der Waals surface area contributed by atoms with Crippen LogP contribution in [0, 0.1) is 6.92 Å². The lowest BCUT2D eigenvalue weighted by atomic mass is 10.0. The van der Waals surface area contributed by atoms with Gasteiger partial charge < -0.3 is 10.1 Å². The van der Waals surface area contributed by atoms with E-state index in [1.165, 1.54) is 10.4 Å². The second kappa shape index (κ2) is 7.92. The molecule has 3 rings (SSSR count). The maximum Gasteiger partial charge on any atom is 0.123 e. The van der Waals surface area contributed by atoms with Crippen molar-refractivity contribution in [2.45, 2.75) is 19.5 Å². The molecule has 1 aromatic carbocycles. The molecule has 1 aliphatic heterocycles. The second-order valence-electron chi connectivity index (χ2n) is 5.28. The van der Waals surface area contributed by atoms with Crippen LogP contribution >= 0.6 is 23.7 Å². The largest absolute Gasteiger partial charge is 0.496 e. The normalized spacial score (nSPS) is 18.7. The molecule has 2 aromatic rings. The summed E-state index contributed by atoms with van der Waals surface area (Å²) in [6.07, 6.45) is 2.00. The molecule has 0 amide bonds. The van der Waals surface area contributed by atoms with E-state index < -0.39 is 0 Å². The first kappa shape index (κ1) is 17.2. The molecule has 1 N–H and O–H groups in total. The van der Waals surface area contributed by atoms with Crippen LogP contribution in [0.15, 0.2) is 30.5 Å². The topological polar surface area (TPSA) is 37.4 Å². The molecule has 120 valence electrons. The third kappa shape index (κ3) is 3.79. The van der Waals surface area contributed by atoms with E-state index in [4.69, 9.17) is 4.74 Å². The Balaban J connectivity index is 0.00000176. The molecule has 0 radical (unpaired) electrons. The molecule has 1 unspecified atom stereocenters. The molecule has 6 heteroatoms. The zero-order valence-electron chi connectivity index (χ0n) is 12.9. The lowest BCUT2D eigenvalue weighted by molar-refractivity contribution is 0.152. The number of hydrogen-bond donors (Lipinski definition) is 1. The van der Waals surface area contributed by atoms with E-state index in [2.05, 4.69) is 34.3 Å². The summed E-state index contributed by atoms with van der Waals surface area (Å²) in [6, 6.07) is 8.66. The first-order valence-corrected chi connectivity index (χ1v) is 8.08.